The Bertz CT molecular complexity index is 263. The normalized spacial score (nSPS) is 13.4. The maximum Gasteiger partial charge on any atom is 0.306 e. The number of esters is 2. The minimum atomic E-state index is -0.477. The van der Waals surface area contributed by atoms with Crippen LogP contribution in [0.5, 0.6) is 0 Å². The maximum absolute atomic E-state index is 11.5. The molecular weight excluding hydrogens is 220 g/mol. The van der Waals surface area contributed by atoms with Gasteiger partial charge in [-0.15, -0.1) is 0 Å². The minimum absolute atomic E-state index is 0.0592. The third-order valence-electron chi connectivity index (χ3n) is 1.82. The molecule has 4 heteroatoms. The zero-order valence-electron chi connectivity index (χ0n) is 11.7. The van der Waals surface area contributed by atoms with Crippen molar-refractivity contribution in [2.75, 3.05) is 0 Å². The Morgan fingerprint density at radius 2 is 1.47 bits per heavy atom. The molecule has 0 aromatic rings. The SMILES string of the molecule is CC(CC(=O)OC(C)C)CC(=O)OC(C)(C)C. The van der Waals surface area contributed by atoms with Gasteiger partial charge in [0.1, 0.15) is 5.60 Å². The van der Waals surface area contributed by atoms with E-state index in [1.807, 2.05) is 27.7 Å². The van der Waals surface area contributed by atoms with Gasteiger partial charge in [0, 0.05) is 12.8 Å². The van der Waals surface area contributed by atoms with E-state index >= 15 is 0 Å². The lowest BCUT2D eigenvalue weighted by Gasteiger charge is -2.20. The van der Waals surface area contributed by atoms with Crippen molar-refractivity contribution in [3.8, 4) is 0 Å². The van der Waals surface area contributed by atoms with Crippen LogP contribution in [0.4, 0.5) is 0 Å². The Morgan fingerprint density at radius 3 is 1.88 bits per heavy atom. The van der Waals surface area contributed by atoms with E-state index in [-0.39, 0.29) is 36.8 Å². The van der Waals surface area contributed by atoms with Crippen molar-refractivity contribution in [2.45, 2.75) is 66.1 Å². The van der Waals surface area contributed by atoms with Gasteiger partial charge in [0.15, 0.2) is 0 Å². The van der Waals surface area contributed by atoms with Crippen molar-refractivity contribution in [1.29, 1.82) is 0 Å². The highest BCUT2D eigenvalue weighted by Gasteiger charge is 2.20. The van der Waals surface area contributed by atoms with Gasteiger partial charge in [-0.3, -0.25) is 9.59 Å². The summed E-state index contributed by atoms with van der Waals surface area (Å²) < 4.78 is 10.2. The molecule has 0 aliphatic heterocycles. The summed E-state index contributed by atoms with van der Waals surface area (Å²) in [6.07, 6.45) is 0.373. The fraction of sp³-hybridized carbons (Fsp3) is 0.846. The topological polar surface area (TPSA) is 52.6 Å². The van der Waals surface area contributed by atoms with Crippen LogP contribution in [0, 0.1) is 5.92 Å². The van der Waals surface area contributed by atoms with Gasteiger partial charge in [0.05, 0.1) is 6.10 Å². The van der Waals surface area contributed by atoms with Gasteiger partial charge < -0.3 is 9.47 Å². The van der Waals surface area contributed by atoms with Crippen molar-refractivity contribution in [2.24, 2.45) is 5.92 Å². The quantitative estimate of drug-likeness (QED) is 0.698. The second-order valence-corrected chi connectivity index (χ2v) is 5.64. The summed E-state index contributed by atoms with van der Waals surface area (Å²) in [5.41, 5.74) is -0.477. The van der Waals surface area contributed by atoms with E-state index in [0.29, 0.717) is 0 Å². The second kappa shape index (κ2) is 6.62. The van der Waals surface area contributed by atoms with Crippen LogP contribution < -0.4 is 0 Å². The van der Waals surface area contributed by atoms with E-state index in [0.717, 1.165) is 0 Å². The molecule has 4 nitrogen and oxygen atoms in total. The van der Waals surface area contributed by atoms with Gasteiger partial charge in [0.25, 0.3) is 0 Å². The van der Waals surface area contributed by atoms with E-state index in [2.05, 4.69) is 0 Å². The highest BCUT2D eigenvalue weighted by atomic mass is 16.6. The molecule has 0 radical (unpaired) electrons. The van der Waals surface area contributed by atoms with E-state index in [1.54, 1.807) is 13.8 Å². The predicted octanol–water partition coefficient (Wildman–Crippen LogP) is 2.70. The minimum Gasteiger partial charge on any atom is -0.463 e. The molecule has 1 atom stereocenters. The van der Waals surface area contributed by atoms with Gasteiger partial charge in [-0.05, 0) is 40.5 Å². The summed E-state index contributed by atoms with van der Waals surface area (Å²) >= 11 is 0. The van der Waals surface area contributed by atoms with Crippen LogP contribution in [0.3, 0.4) is 0 Å². The molecule has 17 heavy (non-hydrogen) atoms. The zero-order valence-corrected chi connectivity index (χ0v) is 11.7. The first-order valence-corrected chi connectivity index (χ1v) is 6.01. The fourth-order valence-electron chi connectivity index (χ4n) is 1.34. The molecule has 0 aromatic heterocycles. The van der Waals surface area contributed by atoms with E-state index < -0.39 is 5.60 Å². The Morgan fingerprint density at radius 1 is 1.00 bits per heavy atom. The van der Waals surface area contributed by atoms with Gasteiger partial charge in [0.2, 0.25) is 0 Å². The van der Waals surface area contributed by atoms with Crippen LogP contribution in [-0.4, -0.2) is 23.6 Å². The predicted molar refractivity (Wildman–Crippen MR) is 65.5 cm³/mol. The van der Waals surface area contributed by atoms with Crippen molar-refractivity contribution in [1.82, 2.24) is 0 Å². The van der Waals surface area contributed by atoms with Gasteiger partial charge in [-0.25, -0.2) is 0 Å². The van der Waals surface area contributed by atoms with E-state index in [9.17, 15) is 9.59 Å². The molecule has 0 saturated carbocycles. The van der Waals surface area contributed by atoms with Gasteiger partial charge >= 0.3 is 11.9 Å². The van der Waals surface area contributed by atoms with Crippen molar-refractivity contribution >= 4 is 11.9 Å². The summed E-state index contributed by atoms with van der Waals surface area (Å²) in [5.74, 6) is -0.602. The largest absolute Gasteiger partial charge is 0.463 e. The molecular formula is C13H24O4. The molecule has 0 amide bonds. The lowest BCUT2D eigenvalue weighted by Crippen LogP contribution is -2.25. The molecule has 0 aromatic carbocycles. The standard InChI is InChI=1S/C13H24O4/c1-9(2)16-11(14)7-10(3)8-12(15)17-13(4,5)6/h9-10H,7-8H2,1-6H3. The van der Waals surface area contributed by atoms with E-state index in [1.165, 1.54) is 0 Å². The van der Waals surface area contributed by atoms with Gasteiger partial charge in [-0.1, -0.05) is 6.92 Å². The summed E-state index contributed by atoms with van der Waals surface area (Å²) in [6.45, 7) is 10.9. The number of rotatable bonds is 5. The molecule has 0 aliphatic rings. The van der Waals surface area contributed by atoms with E-state index in [4.69, 9.17) is 9.47 Å². The average molecular weight is 244 g/mol. The molecule has 0 fully saturated rings. The highest BCUT2D eigenvalue weighted by molar-refractivity contribution is 5.73. The third kappa shape index (κ3) is 9.85. The van der Waals surface area contributed by atoms with Crippen LogP contribution in [-0.2, 0) is 19.1 Å². The number of hydrogen-bond donors (Lipinski definition) is 0. The Balaban J connectivity index is 3.97. The molecule has 0 bridgehead atoms. The number of carbonyl (C=O) groups excluding carboxylic acids is 2. The second-order valence-electron chi connectivity index (χ2n) is 5.64. The molecule has 0 heterocycles. The van der Waals surface area contributed by atoms with Crippen molar-refractivity contribution in [3.63, 3.8) is 0 Å². The lowest BCUT2D eigenvalue weighted by atomic mass is 10.0. The Labute approximate surface area is 104 Å². The average Bonchev–Trinajstić information content (AvgIpc) is 1.95. The molecule has 1 unspecified atom stereocenters. The molecule has 0 N–H and O–H groups in total. The van der Waals surface area contributed by atoms with Crippen molar-refractivity contribution < 1.29 is 19.1 Å². The first-order valence-electron chi connectivity index (χ1n) is 6.01. The van der Waals surface area contributed by atoms with Crippen LogP contribution >= 0.6 is 0 Å². The molecule has 0 aliphatic carbocycles. The van der Waals surface area contributed by atoms with Crippen LogP contribution in [0.2, 0.25) is 0 Å². The number of carbonyl (C=O) groups is 2. The first kappa shape index (κ1) is 15.9. The van der Waals surface area contributed by atoms with Crippen LogP contribution in [0.1, 0.15) is 54.4 Å². The molecule has 100 valence electrons. The Kier molecular flexibility index (Phi) is 6.21. The summed E-state index contributed by atoms with van der Waals surface area (Å²) in [5, 5.41) is 0. The zero-order chi connectivity index (χ0) is 13.6. The smallest absolute Gasteiger partial charge is 0.306 e. The molecule has 0 spiro atoms. The third-order valence-corrected chi connectivity index (χ3v) is 1.82. The monoisotopic (exact) mass is 244 g/mol. The summed E-state index contributed by atoms with van der Waals surface area (Å²) in [4.78, 5) is 22.9. The lowest BCUT2D eigenvalue weighted by molar-refractivity contribution is -0.156. The number of ether oxygens (including phenoxy) is 2. The van der Waals surface area contributed by atoms with Crippen molar-refractivity contribution in [3.05, 3.63) is 0 Å². The molecule has 0 rings (SSSR count). The van der Waals surface area contributed by atoms with Gasteiger partial charge in [-0.2, -0.15) is 0 Å². The van der Waals surface area contributed by atoms with Crippen LogP contribution in [0.25, 0.3) is 0 Å². The highest BCUT2D eigenvalue weighted by Crippen LogP contribution is 2.14. The first-order chi connectivity index (χ1) is 7.60. The van der Waals surface area contributed by atoms with Crippen LogP contribution in [0.15, 0.2) is 0 Å². The fourth-order valence-corrected chi connectivity index (χ4v) is 1.34. The summed E-state index contributed by atoms with van der Waals surface area (Å²) in [7, 11) is 0. The Hall–Kier alpha value is -1.06. The maximum atomic E-state index is 11.5. The summed E-state index contributed by atoms with van der Waals surface area (Å²) in [6, 6.07) is 0. The molecule has 0 saturated heterocycles. The number of hydrogen-bond acceptors (Lipinski definition) is 4.